The molecule has 1 aliphatic heterocycles. The summed E-state index contributed by atoms with van der Waals surface area (Å²) in [6.45, 7) is 32.3. The standard InChI is InChI=1S/C33H51O3PSi2.C28H42O3.C22H38O2Si.C4H8O.CH4/c1-26-27(22-23-37(34,29-18-14-12-15-19-29)30-20-16-13-17-21-30)24-28(35-38(8,9)32(2,3)4)25-31(26)36-39(10,11)33(5,6)7;1-19-21(17-22(29)18-24(19)30)9-8-20-7-5-13-27(4)23(20)10-11-25(27)28(15-16-28)14-6-12-26(2,3)31;1-20(2,24-25(4,5)6)12-8-14-22(15-16-22)19-11-10-17-18(23)9-7-13-21(17,19)3;1-2-4-5-3-1;/h12-22,28,31H,1,23-25H2,2-11H3;8-9,11,22-24,29-31H,1,5-7,10,12-18H2,2-4H3;11,17H,7-10,12-16H2,1-6H3;1-4H2;1H4/b27-22-;20-8+,21-9-;;;/t28?,31-;22?,23?,24-,27-;17?,21-;;/m000../s1/i;2D3,3D3;1D3,2D3;;. The summed E-state index contributed by atoms with van der Waals surface area (Å²) in [6.07, 6.45) is 28.9. The van der Waals surface area contributed by atoms with Crippen LogP contribution in [0.3, 0.4) is 0 Å². The van der Waals surface area contributed by atoms with Crippen LogP contribution in [0, 0.1) is 33.5 Å². The Morgan fingerprint density at radius 1 is 0.653 bits per heavy atom. The van der Waals surface area contributed by atoms with Crippen LogP contribution in [0.15, 0.2) is 143 Å². The maximum Gasteiger partial charge on any atom is 0.192 e. The highest BCUT2D eigenvalue weighted by Gasteiger charge is 2.59. The third-order valence-electron chi connectivity index (χ3n) is 25.0. The van der Waals surface area contributed by atoms with Gasteiger partial charge in [-0.15, -0.1) is 0 Å². The molecule has 0 amide bonds. The first-order valence-corrected chi connectivity index (χ1v) is 49.3. The fourth-order valence-electron chi connectivity index (χ4n) is 17.0. The predicted octanol–water partition coefficient (Wildman–Crippen LogP) is 22.5. The van der Waals surface area contributed by atoms with Crippen LogP contribution >= 0.6 is 7.14 Å². The van der Waals surface area contributed by atoms with Gasteiger partial charge < -0.3 is 37.9 Å². The molecule has 3 N–H and O–H groups in total. The third kappa shape index (κ3) is 21.6. The van der Waals surface area contributed by atoms with E-state index in [1.54, 1.807) is 0 Å². The van der Waals surface area contributed by atoms with E-state index in [1.165, 1.54) is 29.6 Å². The van der Waals surface area contributed by atoms with Crippen LogP contribution < -0.4 is 10.6 Å². The summed E-state index contributed by atoms with van der Waals surface area (Å²) in [7, 11) is -9.33. The van der Waals surface area contributed by atoms with Gasteiger partial charge in [-0.25, -0.2) is 0 Å². The van der Waals surface area contributed by atoms with Crippen LogP contribution in [0.25, 0.3) is 0 Å². The van der Waals surface area contributed by atoms with Gasteiger partial charge in [-0.1, -0.05) is 184 Å². The molecule has 0 aromatic heterocycles. The zero-order valence-electron chi connectivity index (χ0n) is 76.4. The van der Waals surface area contributed by atoms with E-state index in [9.17, 15) is 24.7 Å². The number of rotatable bonds is 21. The number of aliphatic hydroxyl groups excluding tert-OH is 2. The van der Waals surface area contributed by atoms with Crippen LogP contribution in [0.1, 0.15) is 261 Å². The van der Waals surface area contributed by atoms with Crippen molar-refractivity contribution in [3.8, 4) is 0 Å². The normalized spacial score (nSPS) is 31.0. The summed E-state index contributed by atoms with van der Waals surface area (Å²) in [5.41, 5.74) is 3.06. The minimum Gasteiger partial charge on any atom is -0.413 e. The van der Waals surface area contributed by atoms with E-state index in [2.05, 4.69) is 119 Å². The van der Waals surface area contributed by atoms with E-state index in [4.69, 9.17) is 34.5 Å². The van der Waals surface area contributed by atoms with Crippen LogP contribution in [0.2, 0.25) is 55.9 Å². The van der Waals surface area contributed by atoms with Gasteiger partial charge in [0.2, 0.25) is 0 Å². The summed E-state index contributed by atoms with van der Waals surface area (Å²) < 4.78 is 134. The van der Waals surface area contributed by atoms with Crippen molar-refractivity contribution in [1.82, 2.24) is 0 Å². The second kappa shape index (κ2) is 33.6. The van der Waals surface area contributed by atoms with Crippen molar-refractivity contribution in [3.05, 3.63) is 143 Å². The molecule has 9 aliphatic rings. The molecule has 2 aromatic carbocycles. The fraction of sp³-hybridized carbons (Fsp3) is 0.693. The zero-order valence-corrected chi connectivity index (χ0v) is 68.3. The van der Waals surface area contributed by atoms with Gasteiger partial charge in [0.15, 0.2) is 25.0 Å². The number of ether oxygens (including phenoxy) is 1. The van der Waals surface area contributed by atoms with E-state index >= 15 is 0 Å². The van der Waals surface area contributed by atoms with Crippen molar-refractivity contribution >= 4 is 48.5 Å². The van der Waals surface area contributed by atoms with Crippen LogP contribution in [0.4, 0.5) is 0 Å². The first-order chi connectivity index (χ1) is 51.4. The van der Waals surface area contributed by atoms with Crippen molar-refractivity contribution in [2.45, 2.75) is 336 Å². The summed E-state index contributed by atoms with van der Waals surface area (Å²) in [5.74, 6) is 0.843. The Hall–Kier alpha value is -3.11. The lowest BCUT2D eigenvalue weighted by Crippen LogP contribution is -2.49. The second-order valence-electron chi connectivity index (χ2n) is 36.0. The average Bonchev–Trinajstić information content (AvgIpc) is 1.54. The highest BCUT2D eigenvalue weighted by Crippen LogP contribution is 2.69. The van der Waals surface area contributed by atoms with Gasteiger partial charge in [-0.2, -0.15) is 0 Å². The highest BCUT2D eigenvalue weighted by molar-refractivity contribution is 7.78. The molecule has 9 nitrogen and oxygen atoms in total. The number of hydrogen-bond donors (Lipinski definition) is 3. The molecule has 4 unspecified atom stereocenters. The summed E-state index contributed by atoms with van der Waals surface area (Å²) in [5, 5.41) is 32.9. The number of ketones is 1. The van der Waals surface area contributed by atoms with Gasteiger partial charge >= 0.3 is 0 Å². The van der Waals surface area contributed by atoms with Gasteiger partial charge in [0.05, 0.1) is 35.6 Å². The maximum atomic E-state index is 14.7. The third-order valence-corrected chi connectivity index (χ3v) is 37.9. The molecule has 0 bridgehead atoms. The number of benzene rings is 2. The molecule has 101 heavy (non-hydrogen) atoms. The van der Waals surface area contributed by atoms with E-state index in [-0.39, 0.29) is 70.1 Å². The SMILES string of the molecule is C.C1CCOC1.C=C1/C(=C\CP(=O)(c2ccccc2)c2ccccc2)CC(O[Si](C)(C)C(C)(C)C)C[C@@H]1O[Si](C)(C)C(C)(C)C.[2H]C([2H])([2H])C(CCCC1(C2=CCC3C(=O)CCC[C@]23C)CC1)(O[Si](C)(C)C)C([2H])([2H])[2H].[2H]C([2H])([2H])C(O)(CCCC1(C2=CCC3/C(=C/C=C4/CC(O)C[C@H](O)C4=C)CCC[C@]23C)CC1)C([2H])([2H])[2H]. The van der Waals surface area contributed by atoms with Crippen molar-refractivity contribution in [2.75, 3.05) is 19.4 Å². The fourth-order valence-corrected chi connectivity index (χ4v) is 23.4. The molecule has 7 fully saturated rings. The topological polar surface area (TPSA) is 132 Å². The highest BCUT2D eigenvalue weighted by atomic mass is 31.2. The van der Waals surface area contributed by atoms with E-state index in [1.807, 2.05) is 86.4 Å². The minimum absolute atomic E-state index is 0. The van der Waals surface area contributed by atoms with Crippen molar-refractivity contribution in [3.63, 3.8) is 0 Å². The average molecular weight is 1470 g/mol. The summed E-state index contributed by atoms with van der Waals surface area (Å²) in [4.78, 5) is 12.5. The molecule has 1 heterocycles. The number of Topliss-reactive ketones (excluding diaryl/α,β-unsaturated/α-hetero) is 1. The Bertz CT molecular complexity index is 3730. The van der Waals surface area contributed by atoms with Gasteiger partial charge in [0.25, 0.3) is 0 Å². The predicted molar refractivity (Wildman–Crippen MR) is 436 cm³/mol. The molecule has 0 spiro atoms. The van der Waals surface area contributed by atoms with Crippen molar-refractivity contribution < 1.29 is 59.1 Å². The minimum atomic E-state index is -2.97. The lowest BCUT2D eigenvalue weighted by atomic mass is 9.61. The Balaban J connectivity index is 0.000000227. The summed E-state index contributed by atoms with van der Waals surface area (Å²) in [6, 6.07) is 19.8. The molecule has 0 radical (unpaired) electrons. The molecule has 2 aromatic rings. The molecule has 8 aliphatic carbocycles. The number of carbonyl (C=O) groups excluding carboxylic acids is 1. The summed E-state index contributed by atoms with van der Waals surface area (Å²) >= 11 is 0. The van der Waals surface area contributed by atoms with Crippen LogP contribution in [0.5, 0.6) is 0 Å². The molecular weight excluding hydrogens is 1320 g/mol. The lowest BCUT2D eigenvalue weighted by molar-refractivity contribution is -0.128. The Morgan fingerprint density at radius 3 is 1.66 bits per heavy atom. The molecule has 1 saturated heterocycles. The van der Waals surface area contributed by atoms with Gasteiger partial charge in [0.1, 0.15) is 12.9 Å². The van der Waals surface area contributed by atoms with Gasteiger partial charge in [-0.3, -0.25) is 4.79 Å². The van der Waals surface area contributed by atoms with Crippen molar-refractivity contribution in [2.24, 2.45) is 33.5 Å². The maximum absolute atomic E-state index is 14.7. The zero-order chi connectivity index (χ0) is 83.8. The Labute approximate surface area is 636 Å². The van der Waals surface area contributed by atoms with E-state index in [0.29, 0.717) is 62.0 Å². The quantitative estimate of drug-likeness (QED) is 0.0635. The van der Waals surface area contributed by atoms with E-state index < -0.39 is 82.9 Å². The first kappa shape index (κ1) is 68.4. The van der Waals surface area contributed by atoms with Gasteiger partial charge in [0, 0.05) is 71.6 Å². The first-order valence-electron chi connectivity index (χ1n) is 44.2. The molecule has 8 atom stereocenters. The lowest BCUT2D eigenvalue weighted by Gasteiger charge is -2.45. The molecule has 13 heteroatoms. The molecule has 6 saturated carbocycles. The molecule has 566 valence electrons. The number of hydrogen-bond acceptors (Lipinski definition) is 9. The van der Waals surface area contributed by atoms with Crippen LogP contribution in [-0.4, -0.2) is 101 Å². The van der Waals surface area contributed by atoms with E-state index in [0.717, 1.165) is 130 Å². The molecular formula is C88H143O9PSi3. The number of fused-ring (bicyclic) bond motifs is 2. The Kier molecular flexibility index (Phi) is 22.7. The number of aliphatic hydroxyl groups is 3. The second-order valence-corrected chi connectivity index (χ2v) is 52.9. The smallest absolute Gasteiger partial charge is 0.192 e. The molecule has 11 rings (SSSR count). The largest absolute Gasteiger partial charge is 0.413 e. The van der Waals surface area contributed by atoms with Gasteiger partial charge in [-0.05, 0) is 268 Å². The monoisotopic (exact) mass is 1470 g/mol. The number of allylic oxidation sites excluding steroid dienone is 8. The number of carbonyl (C=O) groups is 1. The van der Waals surface area contributed by atoms with Crippen molar-refractivity contribution in [1.29, 1.82) is 0 Å². The van der Waals surface area contributed by atoms with Crippen LogP contribution in [-0.2, 0) is 27.4 Å². The Morgan fingerprint density at radius 2 is 1.17 bits per heavy atom.